The van der Waals surface area contributed by atoms with Crippen LogP contribution in [0, 0.1) is 0 Å². The standard InChI is InChI=1S/C14H19N3O/c1-15-11-4-6-12(7-5-11)17-13(10-16(2)3)8-9-14(17)18/h4-8,15H,9-10H2,1-3H3. The van der Waals surface area contributed by atoms with Gasteiger partial charge in [-0.25, -0.2) is 0 Å². The molecule has 0 fully saturated rings. The smallest absolute Gasteiger partial charge is 0.235 e. The SMILES string of the molecule is CNc1ccc(N2C(=O)CC=C2CN(C)C)cc1. The van der Waals surface area contributed by atoms with Gasteiger partial charge in [-0.1, -0.05) is 6.08 Å². The minimum atomic E-state index is 0.143. The number of hydrogen-bond donors (Lipinski definition) is 1. The molecule has 0 saturated carbocycles. The van der Waals surface area contributed by atoms with E-state index in [-0.39, 0.29) is 5.91 Å². The van der Waals surface area contributed by atoms with Gasteiger partial charge in [-0.3, -0.25) is 9.69 Å². The Labute approximate surface area is 108 Å². The zero-order chi connectivity index (χ0) is 13.1. The summed E-state index contributed by atoms with van der Waals surface area (Å²) in [6.45, 7) is 0.777. The molecule has 2 rings (SSSR count). The predicted octanol–water partition coefficient (Wildman–Crippen LogP) is 1.91. The number of carbonyl (C=O) groups excluding carboxylic acids is 1. The molecule has 0 atom stereocenters. The van der Waals surface area contributed by atoms with Gasteiger partial charge in [-0.05, 0) is 38.4 Å². The number of hydrogen-bond acceptors (Lipinski definition) is 3. The summed E-state index contributed by atoms with van der Waals surface area (Å²) in [5.41, 5.74) is 3.04. The quantitative estimate of drug-likeness (QED) is 0.880. The van der Waals surface area contributed by atoms with Crippen molar-refractivity contribution in [3.8, 4) is 0 Å². The number of nitrogens with one attached hydrogen (secondary N) is 1. The summed E-state index contributed by atoms with van der Waals surface area (Å²) in [6, 6.07) is 7.90. The fourth-order valence-electron chi connectivity index (χ4n) is 2.09. The van der Waals surface area contributed by atoms with Crippen molar-refractivity contribution in [2.24, 2.45) is 0 Å². The molecule has 4 nitrogen and oxygen atoms in total. The van der Waals surface area contributed by atoms with Gasteiger partial charge in [0, 0.05) is 37.1 Å². The molecular formula is C14H19N3O. The number of anilines is 2. The van der Waals surface area contributed by atoms with Crippen LogP contribution in [0.5, 0.6) is 0 Å². The first-order valence-electron chi connectivity index (χ1n) is 6.06. The van der Waals surface area contributed by atoms with Gasteiger partial charge in [0.2, 0.25) is 5.91 Å². The van der Waals surface area contributed by atoms with Crippen molar-refractivity contribution < 1.29 is 4.79 Å². The summed E-state index contributed by atoms with van der Waals surface area (Å²) in [4.78, 5) is 15.8. The first kappa shape index (κ1) is 12.6. The molecule has 0 saturated heterocycles. The van der Waals surface area contributed by atoms with Crippen LogP contribution in [0.4, 0.5) is 11.4 Å². The first-order chi connectivity index (χ1) is 8.61. The number of amides is 1. The fraction of sp³-hybridized carbons (Fsp3) is 0.357. The lowest BCUT2D eigenvalue weighted by Crippen LogP contribution is -2.30. The number of carbonyl (C=O) groups is 1. The highest BCUT2D eigenvalue weighted by Gasteiger charge is 2.25. The molecule has 0 radical (unpaired) electrons. The monoisotopic (exact) mass is 245 g/mol. The van der Waals surface area contributed by atoms with Crippen molar-refractivity contribution >= 4 is 17.3 Å². The largest absolute Gasteiger partial charge is 0.388 e. The van der Waals surface area contributed by atoms with Crippen molar-refractivity contribution in [2.75, 3.05) is 37.9 Å². The van der Waals surface area contributed by atoms with Crippen LogP contribution in [-0.2, 0) is 4.79 Å². The van der Waals surface area contributed by atoms with Crippen LogP contribution in [-0.4, -0.2) is 38.5 Å². The molecule has 0 aliphatic carbocycles. The molecule has 18 heavy (non-hydrogen) atoms. The lowest BCUT2D eigenvalue weighted by Gasteiger charge is -2.23. The summed E-state index contributed by atoms with van der Waals surface area (Å²) in [5, 5.41) is 3.07. The lowest BCUT2D eigenvalue weighted by molar-refractivity contribution is -0.116. The van der Waals surface area contributed by atoms with E-state index in [0.717, 1.165) is 23.6 Å². The highest BCUT2D eigenvalue weighted by Crippen LogP contribution is 2.26. The number of nitrogens with zero attached hydrogens (tertiary/aromatic N) is 2. The second-order valence-electron chi connectivity index (χ2n) is 4.66. The summed E-state index contributed by atoms with van der Waals surface area (Å²) < 4.78 is 0. The maximum atomic E-state index is 12.0. The summed E-state index contributed by atoms with van der Waals surface area (Å²) in [5.74, 6) is 0.143. The van der Waals surface area contributed by atoms with E-state index in [1.165, 1.54) is 0 Å². The maximum Gasteiger partial charge on any atom is 0.235 e. The van der Waals surface area contributed by atoms with Gasteiger partial charge in [0.05, 0.1) is 0 Å². The molecule has 1 heterocycles. The van der Waals surface area contributed by atoms with E-state index >= 15 is 0 Å². The van der Waals surface area contributed by atoms with Gasteiger partial charge in [-0.15, -0.1) is 0 Å². The van der Waals surface area contributed by atoms with Gasteiger partial charge < -0.3 is 10.2 Å². The van der Waals surface area contributed by atoms with E-state index in [1.807, 2.05) is 51.5 Å². The third kappa shape index (κ3) is 2.54. The molecule has 0 unspecified atom stereocenters. The molecular weight excluding hydrogens is 226 g/mol. The minimum absolute atomic E-state index is 0.143. The Bertz CT molecular complexity index is 462. The average Bonchev–Trinajstić information content (AvgIpc) is 2.70. The topological polar surface area (TPSA) is 35.6 Å². The van der Waals surface area contributed by atoms with Gasteiger partial charge in [0.25, 0.3) is 0 Å². The third-order valence-electron chi connectivity index (χ3n) is 2.94. The molecule has 1 aliphatic rings. The zero-order valence-corrected chi connectivity index (χ0v) is 11.1. The normalized spacial score (nSPS) is 15.2. The van der Waals surface area contributed by atoms with E-state index in [1.54, 1.807) is 4.90 Å². The molecule has 1 aromatic rings. The summed E-state index contributed by atoms with van der Waals surface area (Å²) in [7, 11) is 5.89. The molecule has 1 amide bonds. The Balaban J connectivity index is 2.23. The summed E-state index contributed by atoms with van der Waals surface area (Å²) in [6.07, 6.45) is 2.51. The van der Waals surface area contributed by atoms with Crippen molar-refractivity contribution in [3.63, 3.8) is 0 Å². The Morgan fingerprint density at radius 1 is 1.28 bits per heavy atom. The predicted molar refractivity (Wildman–Crippen MR) is 74.7 cm³/mol. The Hall–Kier alpha value is -1.81. The van der Waals surface area contributed by atoms with Crippen LogP contribution in [0.25, 0.3) is 0 Å². The maximum absolute atomic E-state index is 12.0. The van der Waals surface area contributed by atoms with E-state index in [4.69, 9.17) is 0 Å². The number of likely N-dealkylation sites (N-methyl/N-ethyl adjacent to an activating group) is 1. The molecule has 1 aromatic carbocycles. The Morgan fingerprint density at radius 3 is 2.50 bits per heavy atom. The van der Waals surface area contributed by atoms with Gasteiger partial charge in [0.1, 0.15) is 0 Å². The second kappa shape index (κ2) is 5.23. The first-order valence-corrected chi connectivity index (χ1v) is 6.06. The highest BCUT2D eigenvalue weighted by molar-refractivity contribution is 6.00. The molecule has 1 aliphatic heterocycles. The molecule has 0 bridgehead atoms. The van der Waals surface area contributed by atoms with Crippen LogP contribution in [0.3, 0.4) is 0 Å². The summed E-state index contributed by atoms with van der Waals surface area (Å²) >= 11 is 0. The van der Waals surface area contributed by atoms with E-state index < -0.39 is 0 Å². The van der Waals surface area contributed by atoms with Gasteiger partial charge in [-0.2, -0.15) is 0 Å². The highest BCUT2D eigenvalue weighted by atomic mass is 16.2. The van der Waals surface area contributed by atoms with Crippen molar-refractivity contribution in [2.45, 2.75) is 6.42 Å². The Morgan fingerprint density at radius 2 is 1.94 bits per heavy atom. The number of benzene rings is 1. The van der Waals surface area contributed by atoms with Crippen molar-refractivity contribution in [1.29, 1.82) is 0 Å². The van der Waals surface area contributed by atoms with Crippen LogP contribution in [0.2, 0.25) is 0 Å². The van der Waals surface area contributed by atoms with E-state index in [9.17, 15) is 4.79 Å². The zero-order valence-electron chi connectivity index (χ0n) is 11.1. The van der Waals surface area contributed by atoms with Crippen molar-refractivity contribution in [3.05, 3.63) is 36.0 Å². The fourth-order valence-corrected chi connectivity index (χ4v) is 2.09. The molecule has 0 spiro atoms. The molecule has 1 N–H and O–H groups in total. The van der Waals surface area contributed by atoms with Crippen LogP contribution in [0.15, 0.2) is 36.0 Å². The second-order valence-corrected chi connectivity index (χ2v) is 4.66. The van der Waals surface area contributed by atoms with Gasteiger partial charge >= 0.3 is 0 Å². The van der Waals surface area contributed by atoms with Crippen LogP contribution in [0.1, 0.15) is 6.42 Å². The Kier molecular flexibility index (Phi) is 3.67. The van der Waals surface area contributed by atoms with Gasteiger partial charge in [0.15, 0.2) is 0 Å². The lowest BCUT2D eigenvalue weighted by atomic mass is 10.2. The third-order valence-corrected chi connectivity index (χ3v) is 2.94. The van der Waals surface area contributed by atoms with E-state index in [0.29, 0.717) is 6.42 Å². The minimum Gasteiger partial charge on any atom is -0.388 e. The molecule has 0 aromatic heterocycles. The van der Waals surface area contributed by atoms with Crippen LogP contribution >= 0.6 is 0 Å². The molecule has 4 heteroatoms. The average molecular weight is 245 g/mol. The van der Waals surface area contributed by atoms with Crippen molar-refractivity contribution in [1.82, 2.24) is 4.90 Å². The number of rotatable bonds is 4. The van der Waals surface area contributed by atoms with E-state index in [2.05, 4.69) is 10.2 Å². The molecule has 96 valence electrons. The van der Waals surface area contributed by atoms with Crippen LogP contribution < -0.4 is 10.2 Å².